The molecule has 0 fully saturated rings. The first-order valence-corrected chi connectivity index (χ1v) is 24.2. The first kappa shape index (κ1) is 42.8. The molecule has 6 aromatic rings. The van der Waals surface area contributed by atoms with E-state index in [2.05, 4.69) is 217 Å². The molecule has 328 valence electrons. The van der Waals surface area contributed by atoms with E-state index in [1.807, 2.05) is 0 Å². The predicted octanol–water partition coefficient (Wildman–Crippen LogP) is 14.4. The van der Waals surface area contributed by atoms with Crippen molar-refractivity contribution in [2.75, 3.05) is 9.80 Å². The highest BCUT2D eigenvalue weighted by atomic mass is 15.2. The fraction of sp³-hybridized carbons (Fsp3) is 0.417. The van der Waals surface area contributed by atoms with E-state index in [4.69, 9.17) is 4.98 Å². The van der Waals surface area contributed by atoms with Crippen molar-refractivity contribution >= 4 is 57.4 Å². The van der Waals surface area contributed by atoms with E-state index in [9.17, 15) is 0 Å². The molecule has 0 N–H and O–H groups in total. The van der Waals surface area contributed by atoms with Gasteiger partial charge < -0.3 is 4.90 Å². The highest BCUT2D eigenvalue weighted by Gasteiger charge is 2.48. The zero-order chi connectivity index (χ0) is 45.7. The standard InChI is InChI=1S/C60H70BN3/c1-37-31-52-53-54(62-37)63(41-23-24-43-44(34-41)58(10,11)28-27-57(43,8)9)51-36-46-45(59(12,13)29-30-60(46,14)15)35-48(51)61(53)47-33-40(56(5,6)7)22-26-50(47)64(52)49-25-21-39(55(2,3)4)32-42(49)38-19-17-16-18-20-38/h16-26,31-36H,27-30H2,1-15H3. The van der Waals surface area contributed by atoms with E-state index in [1.54, 1.807) is 0 Å². The number of rotatable bonds is 3. The van der Waals surface area contributed by atoms with Gasteiger partial charge in [0.2, 0.25) is 0 Å². The van der Waals surface area contributed by atoms with Gasteiger partial charge in [0.05, 0.1) is 5.69 Å². The van der Waals surface area contributed by atoms with Crippen molar-refractivity contribution in [1.82, 2.24) is 4.98 Å². The minimum absolute atomic E-state index is 0.00827. The number of hydrogen-bond acceptors (Lipinski definition) is 3. The molecule has 0 amide bonds. The quantitative estimate of drug-likeness (QED) is 0.165. The number of fused-ring (bicyclic) bond motifs is 6. The van der Waals surface area contributed by atoms with Gasteiger partial charge in [-0.3, -0.25) is 4.90 Å². The number of pyridine rings is 1. The Balaban J connectivity index is 1.34. The average Bonchev–Trinajstić information content (AvgIpc) is 3.23. The first-order chi connectivity index (χ1) is 29.9. The summed E-state index contributed by atoms with van der Waals surface area (Å²) in [5, 5.41) is 0. The molecule has 64 heavy (non-hydrogen) atoms. The van der Waals surface area contributed by atoms with E-state index < -0.39 is 0 Å². The third-order valence-corrected chi connectivity index (χ3v) is 16.2. The number of aryl methyl sites for hydroxylation is 1. The second-order valence-corrected chi connectivity index (χ2v) is 24.7. The van der Waals surface area contributed by atoms with Crippen molar-refractivity contribution < 1.29 is 0 Å². The van der Waals surface area contributed by atoms with Crippen LogP contribution in [0.2, 0.25) is 0 Å². The number of anilines is 6. The van der Waals surface area contributed by atoms with E-state index in [1.165, 1.54) is 115 Å². The van der Waals surface area contributed by atoms with Crippen molar-refractivity contribution in [2.45, 2.75) is 162 Å². The molecular formula is C60H70BN3. The summed E-state index contributed by atoms with van der Waals surface area (Å²) in [5.74, 6) is 1.05. The molecule has 0 bridgehead atoms. The van der Waals surface area contributed by atoms with Crippen LogP contribution in [-0.4, -0.2) is 11.7 Å². The molecule has 0 spiro atoms. The largest absolute Gasteiger partial charge is 0.311 e. The maximum Gasteiger partial charge on any atom is 0.254 e. The van der Waals surface area contributed by atoms with Gasteiger partial charge in [0.15, 0.2) is 0 Å². The van der Waals surface area contributed by atoms with Gasteiger partial charge in [0, 0.05) is 34.0 Å². The Labute approximate surface area is 385 Å². The van der Waals surface area contributed by atoms with Crippen molar-refractivity contribution in [2.24, 2.45) is 0 Å². The van der Waals surface area contributed by atoms with Gasteiger partial charge in [-0.05, 0) is 163 Å². The zero-order valence-electron chi connectivity index (χ0n) is 41.6. The van der Waals surface area contributed by atoms with Gasteiger partial charge in [0.1, 0.15) is 5.82 Å². The number of nitrogens with zero attached hydrogens (tertiary/aromatic N) is 3. The summed E-state index contributed by atoms with van der Waals surface area (Å²) in [7, 11) is 0. The van der Waals surface area contributed by atoms with Crippen LogP contribution in [0.3, 0.4) is 0 Å². The van der Waals surface area contributed by atoms with Crippen LogP contribution in [0.15, 0.2) is 103 Å². The van der Waals surface area contributed by atoms with Crippen LogP contribution in [0, 0.1) is 6.92 Å². The summed E-state index contributed by atoms with van der Waals surface area (Å²) >= 11 is 0. The normalized spacial score (nSPS) is 18.7. The Morgan fingerprint density at radius 3 is 1.62 bits per heavy atom. The van der Waals surface area contributed by atoms with Crippen LogP contribution < -0.4 is 26.2 Å². The van der Waals surface area contributed by atoms with Crippen molar-refractivity contribution in [1.29, 1.82) is 0 Å². The summed E-state index contributed by atoms with van der Waals surface area (Å²) in [6.45, 7) is 35.9. The molecule has 3 nitrogen and oxygen atoms in total. The van der Waals surface area contributed by atoms with E-state index in [-0.39, 0.29) is 39.2 Å². The van der Waals surface area contributed by atoms with Crippen LogP contribution in [0.4, 0.5) is 34.3 Å². The van der Waals surface area contributed by atoms with Gasteiger partial charge in [-0.2, -0.15) is 0 Å². The molecule has 1 aromatic heterocycles. The van der Waals surface area contributed by atoms with Crippen LogP contribution >= 0.6 is 0 Å². The summed E-state index contributed by atoms with van der Waals surface area (Å²) in [5.41, 5.74) is 22.5. The molecule has 4 heteroatoms. The molecule has 2 aliphatic heterocycles. The minimum atomic E-state index is -0.0346. The van der Waals surface area contributed by atoms with Crippen molar-refractivity contribution in [3.05, 3.63) is 142 Å². The SMILES string of the molecule is Cc1cc2c3c(n1)N(c1ccc4c(c1)C(C)(C)CCC4(C)C)c1cc4c(cc1B3c1cc(C(C)(C)C)ccc1N2c1ccc(C(C)(C)C)cc1-c1ccccc1)C(C)(C)CCC4(C)C. The lowest BCUT2D eigenvalue weighted by Crippen LogP contribution is -2.62. The lowest BCUT2D eigenvalue weighted by Gasteiger charge is -2.47. The number of aromatic nitrogens is 1. The molecule has 4 aliphatic rings. The predicted molar refractivity (Wildman–Crippen MR) is 276 cm³/mol. The maximum atomic E-state index is 5.72. The average molecular weight is 844 g/mol. The second-order valence-electron chi connectivity index (χ2n) is 24.7. The lowest BCUT2D eigenvalue weighted by atomic mass is 9.33. The Bertz CT molecular complexity index is 2880. The third-order valence-electron chi connectivity index (χ3n) is 16.2. The molecule has 0 radical (unpaired) electrons. The first-order valence-electron chi connectivity index (χ1n) is 24.2. The molecule has 5 aromatic carbocycles. The summed E-state index contributed by atoms with van der Waals surface area (Å²) in [6, 6.07) is 40.7. The Morgan fingerprint density at radius 2 is 1.02 bits per heavy atom. The molecule has 0 saturated carbocycles. The number of hydrogen-bond donors (Lipinski definition) is 0. The Morgan fingerprint density at radius 1 is 0.484 bits per heavy atom. The fourth-order valence-corrected chi connectivity index (χ4v) is 11.8. The lowest BCUT2D eigenvalue weighted by molar-refractivity contribution is 0.332. The van der Waals surface area contributed by atoms with Crippen LogP contribution in [0.25, 0.3) is 11.1 Å². The molecule has 0 atom stereocenters. The van der Waals surface area contributed by atoms with Crippen LogP contribution in [0.5, 0.6) is 0 Å². The van der Waals surface area contributed by atoms with Gasteiger partial charge in [-0.25, -0.2) is 4.98 Å². The number of benzene rings is 5. The molecular weight excluding hydrogens is 773 g/mol. The Kier molecular flexibility index (Phi) is 9.35. The van der Waals surface area contributed by atoms with Gasteiger partial charge in [0.25, 0.3) is 6.71 Å². The van der Waals surface area contributed by atoms with Crippen LogP contribution in [-0.2, 0) is 32.5 Å². The van der Waals surface area contributed by atoms with Gasteiger partial charge in [-0.15, -0.1) is 0 Å². The van der Waals surface area contributed by atoms with E-state index in [0.717, 1.165) is 11.5 Å². The van der Waals surface area contributed by atoms with Crippen molar-refractivity contribution in [3.8, 4) is 11.1 Å². The zero-order valence-corrected chi connectivity index (χ0v) is 41.6. The Hall–Kier alpha value is -5.09. The van der Waals surface area contributed by atoms with Gasteiger partial charge in [-0.1, -0.05) is 158 Å². The topological polar surface area (TPSA) is 19.4 Å². The van der Waals surface area contributed by atoms with Gasteiger partial charge >= 0.3 is 0 Å². The summed E-state index contributed by atoms with van der Waals surface area (Å²) < 4.78 is 0. The van der Waals surface area contributed by atoms with E-state index in [0.29, 0.717) is 0 Å². The maximum absolute atomic E-state index is 5.72. The molecule has 2 aliphatic carbocycles. The summed E-state index contributed by atoms with van der Waals surface area (Å²) in [4.78, 5) is 10.9. The summed E-state index contributed by atoms with van der Waals surface area (Å²) in [6.07, 6.45) is 4.70. The van der Waals surface area contributed by atoms with Crippen LogP contribution in [0.1, 0.15) is 162 Å². The third kappa shape index (κ3) is 6.62. The van der Waals surface area contributed by atoms with E-state index >= 15 is 0 Å². The highest BCUT2D eigenvalue weighted by Crippen LogP contribution is 2.53. The van der Waals surface area contributed by atoms with Crippen molar-refractivity contribution in [3.63, 3.8) is 0 Å². The highest BCUT2D eigenvalue weighted by molar-refractivity contribution is 7.00. The second kappa shape index (κ2) is 14.0. The smallest absolute Gasteiger partial charge is 0.254 e. The molecule has 0 unspecified atom stereocenters. The molecule has 10 rings (SSSR count). The molecule has 3 heterocycles. The molecule has 0 saturated heterocycles. The monoisotopic (exact) mass is 844 g/mol. The minimum Gasteiger partial charge on any atom is -0.311 e. The fourth-order valence-electron chi connectivity index (χ4n) is 11.8.